The fraction of sp³-hybridized carbons (Fsp3) is 0.429. The van der Waals surface area contributed by atoms with Crippen LogP contribution in [-0.2, 0) is 11.3 Å². The molecule has 38 heavy (non-hydrogen) atoms. The smallest absolute Gasteiger partial charge is 0.253 e. The van der Waals surface area contributed by atoms with E-state index in [-0.39, 0.29) is 17.7 Å². The van der Waals surface area contributed by atoms with Gasteiger partial charge in [0.05, 0.1) is 18.2 Å². The second kappa shape index (κ2) is 10.5. The molecule has 2 aliphatic rings. The number of nitrogens with zero attached hydrogens (tertiary/aromatic N) is 6. The van der Waals surface area contributed by atoms with Crippen molar-refractivity contribution >= 4 is 28.2 Å². The van der Waals surface area contributed by atoms with Crippen LogP contribution in [0.5, 0.6) is 0 Å². The van der Waals surface area contributed by atoms with E-state index in [4.69, 9.17) is 16.3 Å². The summed E-state index contributed by atoms with van der Waals surface area (Å²) in [7, 11) is 0. The Hall–Kier alpha value is -3.27. The van der Waals surface area contributed by atoms with Gasteiger partial charge in [0.25, 0.3) is 5.56 Å². The molecule has 2 aliphatic heterocycles. The number of fused-ring (bicyclic) bond motifs is 1. The summed E-state index contributed by atoms with van der Waals surface area (Å²) >= 11 is 6.32. The summed E-state index contributed by atoms with van der Waals surface area (Å²) in [5.74, 6) is 0.672. The number of aromatic amines is 1. The van der Waals surface area contributed by atoms with Crippen LogP contribution in [0.4, 0.5) is 5.69 Å². The molecule has 1 N–H and O–H groups in total. The molecular weight excluding hydrogens is 502 g/mol. The number of rotatable bonds is 6. The first-order valence-corrected chi connectivity index (χ1v) is 13.6. The molecule has 0 unspecified atom stereocenters. The molecule has 0 radical (unpaired) electrons. The van der Waals surface area contributed by atoms with Gasteiger partial charge in [0.15, 0.2) is 5.82 Å². The first-order valence-electron chi connectivity index (χ1n) is 13.2. The Kier molecular flexibility index (Phi) is 6.90. The molecule has 2 aromatic carbocycles. The van der Waals surface area contributed by atoms with Crippen molar-refractivity contribution in [2.75, 3.05) is 37.7 Å². The molecule has 2 aromatic heterocycles. The van der Waals surface area contributed by atoms with Crippen molar-refractivity contribution in [2.24, 2.45) is 0 Å². The fourth-order valence-corrected chi connectivity index (χ4v) is 5.93. The van der Waals surface area contributed by atoms with E-state index >= 15 is 0 Å². The van der Waals surface area contributed by atoms with E-state index in [1.165, 1.54) is 5.56 Å². The van der Waals surface area contributed by atoms with E-state index in [1.54, 1.807) is 0 Å². The number of aryl methyl sites for hydroxylation is 2. The molecule has 0 amide bonds. The number of tetrazole rings is 1. The van der Waals surface area contributed by atoms with Crippen LogP contribution in [0, 0.1) is 13.8 Å². The van der Waals surface area contributed by atoms with Crippen LogP contribution in [0.15, 0.2) is 47.3 Å². The number of pyridine rings is 1. The molecule has 2 saturated heterocycles. The van der Waals surface area contributed by atoms with Crippen LogP contribution in [0.1, 0.15) is 41.4 Å². The quantitative estimate of drug-likeness (QED) is 0.402. The highest BCUT2D eigenvalue weighted by molar-refractivity contribution is 6.30. The molecule has 2 atom stereocenters. The predicted octanol–water partition coefficient (Wildman–Crippen LogP) is 3.88. The van der Waals surface area contributed by atoms with Gasteiger partial charge in [-0.05, 0) is 71.8 Å². The zero-order valence-electron chi connectivity index (χ0n) is 21.7. The maximum absolute atomic E-state index is 13.6. The Bertz CT molecular complexity index is 1500. The zero-order chi connectivity index (χ0) is 26.2. The van der Waals surface area contributed by atoms with Gasteiger partial charge in [0, 0.05) is 49.1 Å². The lowest BCUT2D eigenvalue weighted by atomic mass is 10.0. The highest BCUT2D eigenvalue weighted by atomic mass is 35.5. The van der Waals surface area contributed by atoms with Gasteiger partial charge >= 0.3 is 0 Å². The van der Waals surface area contributed by atoms with Crippen LogP contribution >= 0.6 is 11.6 Å². The normalized spacial score (nSPS) is 19.3. The summed E-state index contributed by atoms with van der Waals surface area (Å²) in [6.07, 6.45) is 2.11. The van der Waals surface area contributed by atoms with E-state index < -0.39 is 0 Å². The van der Waals surface area contributed by atoms with Crippen LogP contribution < -0.4 is 10.5 Å². The van der Waals surface area contributed by atoms with Crippen molar-refractivity contribution in [3.63, 3.8) is 0 Å². The third-order valence-electron chi connectivity index (χ3n) is 7.81. The number of para-hydroxylation sites is 1. The first kappa shape index (κ1) is 25.0. The minimum atomic E-state index is -0.386. The average molecular weight is 534 g/mol. The third kappa shape index (κ3) is 4.81. The van der Waals surface area contributed by atoms with Crippen molar-refractivity contribution in [3.05, 3.63) is 80.4 Å². The van der Waals surface area contributed by atoms with Crippen molar-refractivity contribution in [1.29, 1.82) is 0 Å². The maximum atomic E-state index is 13.6. The van der Waals surface area contributed by atoms with Gasteiger partial charge in [0.1, 0.15) is 6.04 Å². The largest absolute Gasteiger partial charge is 0.376 e. The summed E-state index contributed by atoms with van der Waals surface area (Å²) in [4.78, 5) is 21.4. The third-order valence-corrected chi connectivity index (χ3v) is 8.04. The van der Waals surface area contributed by atoms with E-state index in [2.05, 4.69) is 43.3 Å². The zero-order valence-corrected chi connectivity index (χ0v) is 22.5. The summed E-state index contributed by atoms with van der Waals surface area (Å²) in [5, 5.41) is 14.6. The van der Waals surface area contributed by atoms with Gasteiger partial charge < -0.3 is 14.6 Å². The molecule has 0 spiro atoms. The van der Waals surface area contributed by atoms with Crippen LogP contribution in [0.3, 0.4) is 0 Å². The first-order chi connectivity index (χ1) is 18.5. The molecule has 0 bridgehead atoms. The number of H-pyrrole nitrogens is 1. The molecule has 0 saturated carbocycles. The van der Waals surface area contributed by atoms with Crippen molar-refractivity contribution in [3.8, 4) is 0 Å². The van der Waals surface area contributed by atoms with Gasteiger partial charge in [-0.15, -0.1) is 5.10 Å². The monoisotopic (exact) mass is 533 g/mol. The van der Waals surface area contributed by atoms with Gasteiger partial charge in [0.2, 0.25) is 0 Å². The SMILES string of the molecule is Cc1ccc(Cl)cc1N1CCN([C@H](c2cc3cccc(C)c3[nH]c2=O)c2nnnn2C[C@H]2CCCO2)CC1. The lowest BCUT2D eigenvalue weighted by Gasteiger charge is -2.40. The van der Waals surface area contributed by atoms with Crippen LogP contribution in [0.25, 0.3) is 10.9 Å². The Morgan fingerprint density at radius 1 is 1.11 bits per heavy atom. The van der Waals surface area contributed by atoms with Gasteiger partial charge in [-0.2, -0.15) is 0 Å². The van der Waals surface area contributed by atoms with Crippen LogP contribution in [0.2, 0.25) is 5.02 Å². The Labute approximate surface area is 226 Å². The molecule has 9 nitrogen and oxygen atoms in total. The number of piperazine rings is 1. The summed E-state index contributed by atoms with van der Waals surface area (Å²) in [6.45, 7) is 8.55. The Balaban J connectivity index is 1.37. The van der Waals surface area contributed by atoms with Crippen molar-refractivity contribution < 1.29 is 4.74 Å². The highest BCUT2D eigenvalue weighted by Gasteiger charge is 2.34. The minimum Gasteiger partial charge on any atom is -0.376 e. The minimum absolute atomic E-state index is 0.0816. The van der Waals surface area contributed by atoms with Crippen molar-refractivity contribution in [1.82, 2.24) is 30.1 Å². The van der Waals surface area contributed by atoms with E-state index in [0.717, 1.165) is 72.8 Å². The summed E-state index contributed by atoms with van der Waals surface area (Å²) in [5.41, 5.74) is 4.78. The highest BCUT2D eigenvalue weighted by Crippen LogP contribution is 2.31. The molecule has 198 valence electrons. The van der Waals surface area contributed by atoms with Crippen molar-refractivity contribution in [2.45, 2.75) is 45.4 Å². The summed E-state index contributed by atoms with van der Waals surface area (Å²) in [6, 6.07) is 13.7. The Morgan fingerprint density at radius 3 is 2.74 bits per heavy atom. The topological polar surface area (TPSA) is 92.2 Å². The molecule has 0 aliphatic carbocycles. The number of hydrogen-bond donors (Lipinski definition) is 1. The number of nitrogens with one attached hydrogen (secondary N) is 1. The Morgan fingerprint density at radius 2 is 1.95 bits per heavy atom. The van der Waals surface area contributed by atoms with Crippen LogP contribution in [-0.4, -0.2) is 69.0 Å². The summed E-state index contributed by atoms with van der Waals surface area (Å²) < 4.78 is 7.70. The lowest BCUT2D eigenvalue weighted by Crippen LogP contribution is -2.49. The van der Waals surface area contributed by atoms with Gasteiger partial charge in [-0.1, -0.05) is 35.9 Å². The van der Waals surface area contributed by atoms with Gasteiger partial charge in [-0.25, -0.2) is 4.68 Å². The molecule has 2 fully saturated rings. The standard InChI is InChI=1S/C28H32ClN7O2/c1-18-8-9-21(29)16-24(18)34-10-12-35(13-11-34)26(27-31-32-33-36(27)17-22-7-4-14-38-22)23-15-20-6-3-5-19(2)25(20)30-28(23)37/h3,5-6,8-9,15-16,22,26H,4,7,10-14,17H2,1-2H3,(H,30,37)/t22-,26-/m1/s1. The number of hydrogen-bond acceptors (Lipinski definition) is 7. The average Bonchev–Trinajstić information content (AvgIpc) is 3.60. The molecule has 4 heterocycles. The molecule has 6 rings (SSSR count). The molecular formula is C28H32ClN7O2. The fourth-order valence-electron chi connectivity index (χ4n) is 5.77. The molecule has 10 heteroatoms. The number of halogens is 1. The number of anilines is 1. The maximum Gasteiger partial charge on any atom is 0.253 e. The van der Waals surface area contributed by atoms with E-state index in [1.807, 2.05) is 48.0 Å². The number of aromatic nitrogens is 5. The van der Waals surface area contributed by atoms with E-state index in [9.17, 15) is 4.79 Å². The second-order valence-electron chi connectivity index (χ2n) is 10.3. The lowest BCUT2D eigenvalue weighted by molar-refractivity contribution is 0.0906. The molecule has 4 aromatic rings. The number of ether oxygens (including phenoxy) is 1. The predicted molar refractivity (Wildman–Crippen MR) is 148 cm³/mol. The van der Waals surface area contributed by atoms with Gasteiger partial charge in [-0.3, -0.25) is 9.69 Å². The number of benzene rings is 2. The second-order valence-corrected chi connectivity index (χ2v) is 10.7. The van der Waals surface area contributed by atoms with E-state index in [0.29, 0.717) is 17.9 Å².